The Morgan fingerprint density at radius 1 is 1.23 bits per heavy atom. The van der Waals surface area contributed by atoms with Gasteiger partial charge in [0.2, 0.25) is 0 Å². The van der Waals surface area contributed by atoms with Gasteiger partial charge in [0.15, 0.2) is 0 Å². The number of methoxy groups -OCH3 is 1. The van der Waals surface area contributed by atoms with E-state index in [9.17, 15) is 4.79 Å². The summed E-state index contributed by atoms with van der Waals surface area (Å²) in [6, 6.07) is 7.43. The number of carbonyl (C=O) groups excluding carboxylic acids is 1. The largest absolute Gasteiger partial charge is 0.383 e. The molecule has 26 heavy (non-hydrogen) atoms. The minimum absolute atomic E-state index is 0.0735. The predicted octanol–water partition coefficient (Wildman–Crippen LogP) is 1.77. The van der Waals surface area contributed by atoms with Gasteiger partial charge in [-0.25, -0.2) is 0 Å². The number of aryl methyl sites for hydroxylation is 1. The summed E-state index contributed by atoms with van der Waals surface area (Å²) in [5.74, 6) is -0.0735. The molecule has 0 saturated carbocycles. The van der Waals surface area contributed by atoms with Crippen molar-refractivity contribution in [2.24, 2.45) is 0 Å². The summed E-state index contributed by atoms with van der Waals surface area (Å²) in [6.45, 7) is 4.24. The lowest BCUT2D eigenvalue weighted by Gasteiger charge is -2.23. The molecule has 0 radical (unpaired) electrons. The van der Waals surface area contributed by atoms with Gasteiger partial charge >= 0.3 is 0 Å². The number of rotatable bonds is 8. The predicted molar refractivity (Wildman–Crippen MR) is 95.9 cm³/mol. The molecule has 2 heterocycles. The number of hydrogen-bond acceptors (Lipinski definition) is 5. The van der Waals surface area contributed by atoms with Crippen molar-refractivity contribution >= 4 is 5.91 Å². The van der Waals surface area contributed by atoms with Crippen LogP contribution in [0.1, 0.15) is 22.8 Å². The van der Waals surface area contributed by atoms with Crippen LogP contribution < -0.4 is 0 Å². The summed E-state index contributed by atoms with van der Waals surface area (Å²) >= 11 is 0. The summed E-state index contributed by atoms with van der Waals surface area (Å²) < 4.78 is 8.76. The lowest BCUT2D eigenvalue weighted by molar-refractivity contribution is 0.0680. The molecular formula is C18H22N6O2. The Labute approximate surface area is 152 Å². The van der Waals surface area contributed by atoms with Crippen molar-refractivity contribution in [3.63, 3.8) is 0 Å². The highest BCUT2D eigenvalue weighted by Crippen LogP contribution is 2.17. The Bertz CT molecular complexity index is 843. The molecule has 0 unspecified atom stereocenters. The number of para-hydroxylation sites is 1. The third-order valence-corrected chi connectivity index (χ3v) is 4.07. The smallest absolute Gasteiger partial charge is 0.256 e. The zero-order valence-corrected chi connectivity index (χ0v) is 14.9. The van der Waals surface area contributed by atoms with E-state index in [2.05, 4.69) is 15.3 Å². The fourth-order valence-electron chi connectivity index (χ4n) is 2.71. The molecule has 3 aromatic rings. The lowest BCUT2D eigenvalue weighted by atomic mass is 10.1. The maximum Gasteiger partial charge on any atom is 0.256 e. The molecule has 8 nitrogen and oxygen atoms in total. The molecule has 3 rings (SSSR count). The summed E-state index contributed by atoms with van der Waals surface area (Å²) in [5.41, 5.74) is 2.32. The molecule has 136 valence electrons. The normalized spacial score (nSPS) is 10.8. The molecule has 1 aromatic carbocycles. The standard InChI is InChI=1S/C18H22N6O2/c1-3-24-12-15(10-21-24)11-22(8-9-26-2)18(25)16-6-4-5-7-17(16)23-13-19-20-14-23/h4-7,10,12-14H,3,8-9,11H2,1-2H3. The third kappa shape index (κ3) is 3.97. The fraction of sp³-hybridized carbons (Fsp3) is 0.333. The first-order chi connectivity index (χ1) is 12.7. The maximum atomic E-state index is 13.2. The van der Waals surface area contributed by atoms with Crippen LogP contribution in [0.2, 0.25) is 0 Å². The van der Waals surface area contributed by atoms with E-state index in [1.807, 2.05) is 42.1 Å². The molecule has 0 saturated heterocycles. The lowest BCUT2D eigenvalue weighted by Crippen LogP contribution is -2.34. The molecule has 1 amide bonds. The zero-order chi connectivity index (χ0) is 18.4. The average Bonchev–Trinajstić information content (AvgIpc) is 3.36. The van der Waals surface area contributed by atoms with Crippen LogP contribution >= 0.6 is 0 Å². The highest BCUT2D eigenvalue weighted by atomic mass is 16.5. The van der Waals surface area contributed by atoms with E-state index in [1.165, 1.54) is 0 Å². The van der Waals surface area contributed by atoms with Gasteiger partial charge in [0, 0.05) is 38.5 Å². The second-order valence-corrected chi connectivity index (χ2v) is 5.81. The number of hydrogen-bond donors (Lipinski definition) is 0. The molecule has 0 aliphatic rings. The van der Waals surface area contributed by atoms with E-state index in [-0.39, 0.29) is 5.91 Å². The molecule has 0 atom stereocenters. The van der Waals surface area contributed by atoms with Gasteiger partial charge < -0.3 is 9.64 Å². The van der Waals surface area contributed by atoms with Crippen molar-refractivity contribution in [1.29, 1.82) is 0 Å². The van der Waals surface area contributed by atoms with Crippen LogP contribution in [0.5, 0.6) is 0 Å². The maximum absolute atomic E-state index is 13.2. The summed E-state index contributed by atoms with van der Waals surface area (Å²) in [7, 11) is 1.63. The van der Waals surface area contributed by atoms with E-state index in [1.54, 1.807) is 35.4 Å². The van der Waals surface area contributed by atoms with Crippen LogP contribution in [0.4, 0.5) is 0 Å². The monoisotopic (exact) mass is 354 g/mol. The van der Waals surface area contributed by atoms with Crippen molar-refractivity contribution in [1.82, 2.24) is 29.4 Å². The molecule has 0 aliphatic carbocycles. The molecule has 0 bridgehead atoms. The number of carbonyl (C=O) groups is 1. The van der Waals surface area contributed by atoms with Crippen LogP contribution in [0.15, 0.2) is 49.3 Å². The number of aromatic nitrogens is 5. The van der Waals surface area contributed by atoms with Gasteiger partial charge in [-0.1, -0.05) is 12.1 Å². The summed E-state index contributed by atoms with van der Waals surface area (Å²) in [4.78, 5) is 15.0. The van der Waals surface area contributed by atoms with Crippen LogP contribution in [0.3, 0.4) is 0 Å². The van der Waals surface area contributed by atoms with Crippen molar-refractivity contribution in [3.05, 3.63) is 60.4 Å². The minimum Gasteiger partial charge on any atom is -0.383 e. The Kier molecular flexibility index (Phi) is 5.75. The second kappa shape index (κ2) is 8.39. The van der Waals surface area contributed by atoms with Crippen LogP contribution in [-0.4, -0.2) is 55.6 Å². The fourth-order valence-corrected chi connectivity index (χ4v) is 2.71. The molecular weight excluding hydrogens is 332 g/mol. The SMILES string of the molecule is CCn1cc(CN(CCOC)C(=O)c2ccccc2-n2cnnc2)cn1. The summed E-state index contributed by atoms with van der Waals surface area (Å²) in [6.07, 6.45) is 6.91. The first-order valence-electron chi connectivity index (χ1n) is 8.46. The van der Waals surface area contributed by atoms with Gasteiger partial charge in [0.05, 0.1) is 24.1 Å². The van der Waals surface area contributed by atoms with E-state index in [4.69, 9.17) is 4.74 Å². The van der Waals surface area contributed by atoms with E-state index in [0.717, 1.165) is 17.8 Å². The van der Waals surface area contributed by atoms with Gasteiger partial charge in [-0.2, -0.15) is 5.10 Å². The highest BCUT2D eigenvalue weighted by molar-refractivity contribution is 5.97. The molecule has 0 aliphatic heterocycles. The Morgan fingerprint density at radius 3 is 2.69 bits per heavy atom. The van der Waals surface area contributed by atoms with E-state index < -0.39 is 0 Å². The number of amides is 1. The van der Waals surface area contributed by atoms with Gasteiger partial charge in [-0.3, -0.25) is 14.0 Å². The zero-order valence-electron chi connectivity index (χ0n) is 14.9. The minimum atomic E-state index is -0.0735. The summed E-state index contributed by atoms with van der Waals surface area (Å²) in [5, 5.41) is 11.9. The number of ether oxygens (including phenoxy) is 1. The van der Waals surface area contributed by atoms with Crippen molar-refractivity contribution in [3.8, 4) is 5.69 Å². The van der Waals surface area contributed by atoms with Crippen LogP contribution in [0.25, 0.3) is 5.69 Å². The first-order valence-corrected chi connectivity index (χ1v) is 8.46. The Hall–Kier alpha value is -3.00. The van der Waals surface area contributed by atoms with Crippen LogP contribution in [0, 0.1) is 0 Å². The molecule has 0 fully saturated rings. The van der Waals surface area contributed by atoms with Crippen molar-refractivity contribution < 1.29 is 9.53 Å². The van der Waals surface area contributed by atoms with Gasteiger partial charge in [0.1, 0.15) is 12.7 Å². The molecule has 0 N–H and O–H groups in total. The van der Waals surface area contributed by atoms with Gasteiger partial charge in [-0.15, -0.1) is 10.2 Å². The third-order valence-electron chi connectivity index (χ3n) is 4.07. The van der Waals surface area contributed by atoms with Crippen molar-refractivity contribution in [2.75, 3.05) is 20.3 Å². The average molecular weight is 354 g/mol. The number of benzene rings is 1. The van der Waals surface area contributed by atoms with E-state index in [0.29, 0.717) is 25.3 Å². The topological polar surface area (TPSA) is 78.1 Å². The highest BCUT2D eigenvalue weighted by Gasteiger charge is 2.20. The first kappa shape index (κ1) is 17.8. The van der Waals surface area contributed by atoms with Gasteiger partial charge in [-0.05, 0) is 19.1 Å². The van der Waals surface area contributed by atoms with Crippen LogP contribution in [-0.2, 0) is 17.8 Å². The quantitative estimate of drug-likeness (QED) is 0.616. The van der Waals surface area contributed by atoms with E-state index >= 15 is 0 Å². The molecule has 0 spiro atoms. The molecule has 2 aromatic heterocycles. The van der Waals surface area contributed by atoms with Gasteiger partial charge in [0.25, 0.3) is 5.91 Å². The Balaban J connectivity index is 1.88. The second-order valence-electron chi connectivity index (χ2n) is 5.81. The van der Waals surface area contributed by atoms with Crippen molar-refractivity contribution in [2.45, 2.75) is 20.0 Å². The Morgan fingerprint density at radius 2 is 2.00 bits per heavy atom. The molecule has 8 heteroatoms. The number of nitrogens with zero attached hydrogens (tertiary/aromatic N) is 6.